The molecule has 0 radical (unpaired) electrons. The van der Waals surface area contributed by atoms with Crippen LogP contribution in [0.4, 0.5) is 5.69 Å². The second-order valence-electron chi connectivity index (χ2n) is 8.24. The molecule has 1 aliphatic heterocycles. The van der Waals surface area contributed by atoms with Crippen molar-refractivity contribution in [3.05, 3.63) is 83.9 Å². The highest BCUT2D eigenvalue weighted by molar-refractivity contribution is 7.89. The van der Waals surface area contributed by atoms with Gasteiger partial charge in [0.2, 0.25) is 15.9 Å². The van der Waals surface area contributed by atoms with Gasteiger partial charge in [-0.1, -0.05) is 17.7 Å². The lowest BCUT2D eigenvalue weighted by molar-refractivity contribution is -0.120. The third kappa shape index (κ3) is 5.45. The van der Waals surface area contributed by atoms with E-state index in [2.05, 4.69) is 5.32 Å². The largest absolute Gasteiger partial charge is 0.457 e. The van der Waals surface area contributed by atoms with Gasteiger partial charge in [-0.25, -0.2) is 8.42 Å². The van der Waals surface area contributed by atoms with E-state index < -0.39 is 10.0 Å². The normalized spacial score (nSPS) is 14.8. The molecule has 3 aromatic rings. The number of amides is 1. The molecule has 1 amide bonds. The first-order valence-electron chi connectivity index (χ1n) is 11.0. The summed E-state index contributed by atoms with van der Waals surface area (Å²) in [5, 5.41) is 11.8. The van der Waals surface area contributed by atoms with Crippen LogP contribution in [-0.2, 0) is 14.8 Å². The first-order valence-corrected chi connectivity index (χ1v) is 12.4. The zero-order chi connectivity index (χ0) is 24.1. The number of hydrogen-bond acceptors (Lipinski definition) is 5. The van der Waals surface area contributed by atoms with Gasteiger partial charge in [0.1, 0.15) is 11.5 Å². The minimum absolute atomic E-state index is 0.123. The van der Waals surface area contributed by atoms with E-state index in [9.17, 15) is 13.2 Å². The maximum atomic E-state index is 12.9. The smallest absolute Gasteiger partial charge is 0.243 e. The average Bonchev–Trinajstić information content (AvgIpc) is 2.86. The first kappa shape index (κ1) is 23.5. The lowest BCUT2D eigenvalue weighted by atomic mass is 9.97. The number of hydrogen-bond donors (Lipinski definition) is 1. The molecular formula is C26H25N3O4S. The van der Waals surface area contributed by atoms with E-state index in [-0.39, 0.29) is 29.8 Å². The molecule has 0 spiro atoms. The van der Waals surface area contributed by atoms with Crippen molar-refractivity contribution in [1.29, 1.82) is 5.26 Å². The number of nitrogens with one attached hydrogen (secondary N) is 1. The first-order chi connectivity index (χ1) is 16.3. The summed E-state index contributed by atoms with van der Waals surface area (Å²) in [7, 11) is -3.65. The Hall–Kier alpha value is -3.67. The van der Waals surface area contributed by atoms with Crippen molar-refractivity contribution < 1.29 is 17.9 Å². The van der Waals surface area contributed by atoms with Crippen molar-refractivity contribution in [2.45, 2.75) is 24.7 Å². The Morgan fingerprint density at radius 2 is 1.50 bits per heavy atom. The van der Waals surface area contributed by atoms with Crippen molar-refractivity contribution in [3.8, 4) is 17.6 Å². The minimum atomic E-state index is -3.65. The van der Waals surface area contributed by atoms with E-state index in [4.69, 9.17) is 10.00 Å². The molecule has 174 valence electrons. The van der Waals surface area contributed by atoms with Crippen LogP contribution in [0.1, 0.15) is 24.0 Å². The lowest BCUT2D eigenvalue weighted by Gasteiger charge is -2.30. The lowest BCUT2D eigenvalue weighted by Crippen LogP contribution is -2.41. The summed E-state index contributed by atoms with van der Waals surface area (Å²) in [6.07, 6.45) is 0.881. The van der Waals surface area contributed by atoms with Crippen molar-refractivity contribution in [2.24, 2.45) is 5.92 Å². The highest BCUT2D eigenvalue weighted by Crippen LogP contribution is 2.27. The van der Waals surface area contributed by atoms with Gasteiger partial charge in [0.25, 0.3) is 0 Å². The average molecular weight is 476 g/mol. The fourth-order valence-corrected chi connectivity index (χ4v) is 5.27. The van der Waals surface area contributed by atoms with Crippen LogP contribution >= 0.6 is 0 Å². The number of piperidine rings is 1. The van der Waals surface area contributed by atoms with Crippen molar-refractivity contribution in [3.63, 3.8) is 0 Å². The van der Waals surface area contributed by atoms with E-state index in [1.807, 2.05) is 37.3 Å². The molecule has 8 heteroatoms. The second kappa shape index (κ2) is 10.1. The predicted octanol–water partition coefficient (Wildman–Crippen LogP) is 4.70. The van der Waals surface area contributed by atoms with E-state index in [1.54, 1.807) is 24.3 Å². The molecule has 3 aromatic carbocycles. The maximum absolute atomic E-state index is 12.9. The summed E-state index contributed by atoms with van der Waals surface area (Å²) in [6, 6.07) is 22.8. The summed E-state index contributed by atoms with van der Waals surface area (Å²) >= 11 is 0. The Morgan fingerprint density at radius 1 is 0.941 bits per heavy atom. The molecule has 4 rings (SSSR count). The fraction of sp³-hybridized carbons (Fsp3) is 0.231. The van der Waals surface area contributed by atoms with Gasteiger partial charge in [-0.3, -0.25) is 4.79 Å². The van der Waals surface area contributed by atoms with Crippen LogP contribution in [0.15, 0.2) is 77.7 Å². The molecule has 0 bridgehead atoms. The van der Waals surface area contributed by atoms with E-state index in [1.165, 1.54) is 28.6 Å². The molecule has 1 aliphatic rings. The van der Waals surface area contributed by atoms with Crippen LogP contribution in [0.5, 0.6) is 11.5 Å². The number of nitriles is 1. The predicted molar refractivity (Wildman–Crippen MR) is 129 cm³/mol. The molecule has 0 unspecified atom stereocenters. The molecule has 0 atom stereocenters. The number of ether oxygens (including phenoxy) is 1. The Labute approximate surface area is 199 Å². The number of carbonyl (C=O) groups is 1. The van der Waals surface area contributed by atoms with Gasteiger partial charge in [0, 0.05) is 24.7 Å². The van der Waals surface area contributed by atoms with Gasteiger partial charge < -0.3 is 10.1 Å². The highest BCUT2D eigenvalue weighted by atomic mass is 32.2. The van der Waals surface area contributed by atoms with E-state index in [0.29, 0.717) is 29.8 Å². The zero-order valence-electron chi connectivity index (χ0n) is 18.8. The van der Waals surface area contributed by atoms with Crippen LogP contribution in [0.25, 0.3) is 0 Å². The number of anilines is 1. The summed E-state index contributed by atoms with van der Waals surface area (Å²) < 4.78 is 32.9. The topological polar surface area (TPSA) is 99.5 Å². The summed E-state index contributed by atoms with van der Waals surface area (Å²) in [4.78, 5) is 12.9. The van der Waals surface area contributed by atoms with Crippen LogP contribution in [0, 0.1) is 24.2 Å². The Balaban J connectivity index is 1.31. The van der Waals surface area contributed by atoms with E-state index in [0.717, 1.165) is 11.3 Å². The number of nitrogens with zero attached hydrogens (tertiary/aromatic N) is 2. The summed E-state index contributed by atoms with van der Waals surface area (Å²) in [5.74, 6) is 1.02. The molecule has 1 saturated heterocycles. The van der Waals surface area contributed by atoms with Gasteiger partial charge in [0.05, 0.1) is 16.5 Å². The number of carbonyl (C=O) groups excluding carboxylic acids is 1. The summed E-state index contributed by atoms with van der Waals surface area (Å²) in [6.45, 7) is 2.55. The molecule has 34 heavy (non-hydrogen) atoms. The Kier molecular flexibility index (Phi) is 6.96. The molecule has 7 nitrogen and oxygen atoms in total. The van der Waals surface area contributed by atoms with Gasteiger partial charge in [-0.05, 0) is 80.4 Å². The van der Waals surface area contributed by atoms with Crippen molar-refractivity contribution in [2.75, 3.05) is 18.4 Å². The maximum Gasteiger partial charge on any atom is 0.243 e. The SMILES string of the molecule is Cc1ccc(Oc2ccc(NC(=O)C3CCN(S(=O)(=O)c4ccc(C#N)cc4)CC3)cc2)cc1. The van der Waals surface area contributed by atoms with Crippen LogP contribution in [-0.4, -0.2) is 31.7 Å². The highest BCUT2D eigenvalue weighted by Gasteiger charge is 2.32. The van der Waals surface area contributed by atoms with Gasteiger partial charge in [-0.15, -0.1) is 0 Å². The van der Waals surface area contributed by atoms with Gasteiger partial charge in [-0.2, -0.15) is 9.57 Å². The standard InChI is InChI=1S/C26H25N3O4S/c1-19-2-8-23(9-3-19)33-24-10-6-22(7-11-24)28-26(30)21-14-16-29(17-15-21)34(31,32)25-12-4-20(18-27)5-13-25/h2-13,21H,14-17H2,1H3,(H,28,30). The molecule has 1 heterocycles. The minimum Gasteiger partial charge on any atom is -0.457 e. The third-order valence-electron chi connectivity index (χ3n) is 5.82. The van der Waals surface area contributed by atoms with Gasteiger partial charge in [0.15, 0.2) is 0 Å². The number of benzene rings is 3. The molecular weight excluding hydrogens is 450 g/mol. The number of sulfonamides is 1. The molecule has 0 aliphatic carbocycles. The second-order valence-corrected chi connectivity index (χ2v) is 10.2. The van der Waals surface area contributed by atoms with E-state index >= 15 is 0 Å². The molecule has 0 saturated carbocycles. The molecule has 1 fully saturated rings. The van der Waals surface area contributed by atoms with Crippen LogP contribution in [0.3, 0.4) is 0 Å². The zero-order valence-corrected chi connectivity index (χ0v) is 19.6. The Bertz CT molecular complexity index is 1290. The molecule has 0 aromatic heterocycles. The van der Waals surface area contributed by atoms with Crippen molar-refractivity contribution >= 4 is 21.6 Å². The van der Waals surface area contributed by atoms with Crippen LogP contribution in [0.2, 0.25) is 0 Å². The summed E-state index contributed by atoms with van der Waals surface area (Å²) in [5.41, 5.74) is 2.22. The monoisotopic (exact) mass is 475 g/mol. The third-order valence-corrected chi connectivity index (χ3v) is 7.74. The van der Waals surface area contributed by atoms with Crippen molar-refractivity contribution in [1.82, 2.24) is 4.31 Å². The van der Waals surface area contributed by atoms with Gasteiger partial charge >= 0.3 is 0 Å². The quantitative estimate of drug-likeness (QED) is 0.557. The number of aryl methyl sites for hydroxylation is 1. The Morgan fingerprint density at radius 3 is 2.06 bits per heavy atom. The van der Waals surface area contributed by atoms with Crippen LogP contribution < -0.4 is 10.1 Å². The number of rotatable bonds is 6. The molecule has 1 N–H and O–H groups in total. The fourth-order valence-electron chi connectivity index (χ4n) is 3.80.